The summed E-state index contributed by atoms with van der Waals surface area (Å²) >= 11 is 0. The Morgan fingerprint density at radius 2 is 2.38 bits per heavy atom. The van der Waals surface area contributed by atoms with Crippen molar-refractivity contribution in [1.82, 2.24) is 5.32 Å². The van der Waals surface area contributed by atoms with Gasteiger partial charge in [-0.15, -0.1) is 0 Å². The predicted molar refractivity (Wildman–Crippen MR) is 78.8 cm³/mol. The Morgan fingerprint density at radius 3 is 3.24 bits per heavy atom. The normalized spacial score (nSPS) is 26.9. The minimum absolute atomic E-state index is 0.00529. The number of anilines is 1. The molecule has 0 radical (unpaired) electrons. The Bertz CT molecular complexity index is 567. The average Bonchev–Trinajstić information content (AvgIpc) is 3.08. The number of hydrogen-bond acceptors (Lipinski definition) is 4. The number of fused-ring (bicyclic) bond motifs is 1. The van der Waals surface area contributed by atoms with Gasteiger partial charge in [0.25, 0.3) is 0 Å². The highest BCUT2D eigenvalue weighted by atomic mass is 16.5. The zero-order valence-electron chi connectivity index (χ0n) is 11.8. The molecule has 3 atom stereocenters. The van der Waals surface area contributed by atoms with E-state index in [1.807, 2.05) is 18.2 Å². The summed E-state index contributed by atoms with van der Waals surface area (Å²) in [5, 5.41) is 14.8. The SMILES string of the molecule is N#CCOc1cccc(NC(=O)C2NCC3CCCC32)c1. The predicted octanol–water partition coefficient (Wildman–Crippen LogP) is 1.92. The van der Waals surface area contributed by atoms with Gasteiger partial charge >= 0.3 is 0 Å². The fourth-order valence-corrected chi connectivity index (χ4v) is 3.47. The summed E-state index contributed by atoms with van der Waals surface area (Å²) in [6, 6.07) is 9.00. The lowest BCUT2D eigenvalue weighted by Crippen LogP contribution is -2.39. The molecular weight excluding hydrogens is 266 g/mol. The zero-order valence-corrected chi connectivity index (χ0v) is 11.8. The van der Waals surface area contributed by atoms with E-state index in [0.29, 0.717) is 23.3 Å². The van der Waals surface area contributed by atoms with Gasteiger partial charge < -0.3 is 15.4 Å². The number of carbonyl (C=O) groups excluding carboxylic acids is 1. The largest absolute Gasteiger partial charge is 0.479 e. The third kappa shape index (κ3) is 3.01. The smallest absolute Gasteiger partial charge is 0.241 e. The molecule has 1 amide bonds. The van der Waals surface area contributed by atoms with Crippen molar-refractivity contribution in [2.45, 2.75) is 25.3 Å². The van der Waals surface area contributed by atoms with Crippen molar-refractivity contribution in [2.75, 3.05) is 18.5 Å². The number of nitrogens with zero attached hydrogens (tertiary/aromatic N) is 1. The van der Waals surface area contributed by atoms with E-state index >= 15 is 0 Å². The van der Waals surface area contributed by atoms with Crippen LogP contribution < -0.4 is 15.4 Å². The van der Waals surface area contributed by atoms with E-state index in [0.717, 1.165) is 13.0 Å². The van der Waals surface area contributed by atoms with Crippen molar-refractivity contribution in [2.24, 2.45) is 11.8 Å². The Balaban J connectivity index is 1.63. The van der Waals surface area contributed by atoms with Crippen LogP contribution in [0.1, 0.15) is 19.3 Å². The zero-order chi connectivity index (χ0) is 14.7. The van der Waals surface area contributed by atoms with Gasteiger partial charge in [-0.2, -0.15) is 5.26 Å². The summed E-state index contributed by atoms with van der Waals surface area (Å²) in [7, 11) is 0. The lowest BCUT2D eigenvalue weighted by atomic mass is 9.93. The van der Waals surface area contributed by atoms with Gasteiger partial charge in [0.15, 0.2) is 6.61 Å². The second kappa shape index (κ2) is 6.15. The number of carbonyl (C=O) groups is 1. The number of hydrogen-bond donors (Lipinski definition) is 2. The van der Waals surface area contributed by atoms with Crippen molar-refractivity contribution in [3.8, 4) is 11.8 Å². The van der Waals surface area contributed by atoms with Crippen molar-refractivity contribution in [1.29, 1.82) is 5.26 Å². The Kier molecular flexibility index (Phi) is 4.07. The van der Waals surface area contributed by atoms with E-state index in [1.165, 1.54) is 12.8 Å². The molecule has 1 aromatic carbocycles. The van der Waals surface area contributed by atoms with Crippen LogP contribution in [0.15, 0.2) is 24.3 Å². The maximum atomic E-state index is 12.4. The Hall–Kier alpha value is -2.06. The average molecular weight is 285 g/mol. The summed E-state index contributed by atoms with van der Waals surface area (Å²) in [4.78, 5) is 12.4. The molecule has 3 rings (SSSR count). The quantitative estimate of drug-likeness (QED) is 0.886. The fourth-order valence-electron chi connectivity index (χ4n) is 3.47. The number of nitrogens with one attached hydrogen (secondary N) is 2. The van der Waals surface area contributed by atoms with Crippen LogP contribution in [0.3, 0.4) is 0 Å². The number of benzene rings is 1. The molecule has 0 aromatic heterocycles. The van der Waals surface area contributed by atoms with Crippen LogP contribution in [0.5, 0.6) is 5.75 Å². The molecule has 110 valence electrons. The highest BCUT2D eigenvalue weighted by molar-refractivity contribution is 5.95. The molecule has 5 nitrogen and oxygen atoms in total. The molecule has 3 unspecified atom stereocenters. The number of amides is 1. The van der Waals surface area contributed by atoms with Crippen molar-refractivity contribution in [3.63, 3.8) is 0 Å². The Labute approximate surface area is 124 Å². The third-order valence-electron chi connectivity index (χ3n) is 4.43. The first-order valence-corrected chi connectivity index (χ1v) is 7.42. The van der Waals surface area contributed by atoms with Gasteiger partial charge in [0.05, 0.1) is 6.04 Å². The van der Waals surface area contributed by atoms with Crippen LogP contribution in [0.4, 0.5) is 5.69 Å². The first kappa shape index (κ1) is 13.9. The highest BCUT2D eigenvalue weighted by Crippen LogP contribution is 2.38. The van der Waals surface area contributed by atoms with Gasteiger partial charge in [-0.3, -0.25) is 4.79 Å². The van der Waals surface area contributed by atoms with Gasteiger partial charge in [0, 0.05) is 11.8 Å². The van der Waals surface area contributed by atoms with Gasteiger partial charge in [-0.1, -0.05) is 12.5 Å². The first-order valence-electron chi connectivity index (χ1n) is 7.42. The van der Waals surface area contributed by atoms with Crippen molar-refractivity contribution >= 4 is 11.6 Å². The summed E-state index contributed by atoms with van der Waals surface area (Å²) in [5.74, 6) is 1.75. The molecule has 5 heteroatoms. The van der Waals surface area contributed by atoms with E-state index < -0.39 is 0 Å². The minimum Gasteiger partial charge on any atom is -0.479 e. The van der Waals surface area contributed by atoms with Crippen LogP contribution in [-0.2, 0) is 4.79 Å². The van der Waals surface area contributed by atoms with Crippen LogP contribution in [0, 0.1) is 23.2 Å². The molecular formula is C16H19N3O2. The highest BCUT2D eigenvalue weighted by Gasteiger charge is 2.42. The van der Waals surface area contributed by atoms with Crippen molar-refractivity contribution < 1.29 is 9.53 Å². The van der Waals surface area contributed by atoms with Crippen LogP contribution in [-0.4, -0.2) is 25.1 Å². The maximum absolute atomic E-state index is 12.4. The first-order chi connectivity index (χ1) is 10.3. The number of ether oxygens (including phenoxy) is 1. The van der Waals surface area contributed by atoms with E-state index in [1.54, 1.807) is 12.1 Å². The topological polar surface area (TPSA) is 74.1 Å². The summed E-state index contributed by atoms with van der Waals surface area (Å²) in [5.41, 5.74) is 0.707. The molecule has 2 N–H and O–H groups in total. The molecule has 21 heavy (non-hydrogen) atoms. The lowest BCUT2D eigenvalue weighted by molar-refractivity contribution is -0.118. The molecule has 1 aliphatic heterocycles. The minimum atomic E-state index is -0.0822. The second-order valence-electron chi connectivity index (χ2n) is 5.70. The fraction of sp³-hybridized carbons (Fsp3) is 0.500. The van der Waals surface area contributed by atoms with Gasteiger partial charge in [0.1, 0.15) is 11.8 Å². The number of rotatable bonds is 4. The molecule has 0 bridgehead atoms. The number of nitriles is 1. The van der Waals surface area contributed by atoms with Gasteiger partial charge in [-0.05, 0) is 43.4 Å². The molecule has 1 heterocycles. The van der Waals surface area contributed by atoms with E-state index in [2.05, 4.69) is 10.6 Å². The van der Waals surface area contributed by atoms with Crippen molar-refractivity contribution in [3.05, 3.63) is 24.3 Å². The lowest BCUT2D eigenvalue weighted by Gasteiger charge is -2.18. The summed E-state index contributed by atoms with van der Waals surface area (Å²) in [6.45, 7) is 0.958. The standard InChI is InChI=1S/C16H19N3O2/c17-7-8-21-13-5-2-4-12(9-13)19-16(20)15-14-6-1-3-11(14)10-18-15/h2,4-5,9,11,14-15,18H,1,3,6,8,10H2,(H,19,20). The van der Waals surface area contributed by atoms with E-state index in [4.69, 9.17) is 10.00 Å². The summed E-state index contributed by atoms with van der Waals surface area (Å²) in [6.07, 6.45) is 3.61. The molecule has 2 fully saturated rings. The van der Waals surface area contributed by atoms with Crippen LogP contribution in [0.25, 0.3) is 0 Å². The molecule has 1 saturated heterocycles. The van der Waals surface area contributed by atoms with Gasteiger partial charge in [0.2, 0.25) is 5.91 Å². The second-order valence-corrected chi connectivity index (χ2v) is 5.70. The molecule has 2 aliphatic rings. The van der Waals surface area contributed by atoms with Crippen LogP contribution in [0.2, 0.25) is 0 Å². The monoisotopic (exact) mass is 285 g/mol. The summed E-state index contributed by atoms with van der Waals surface area (Å²) < 4.78 is 5.24. The Morgan fingerprint density at radius 1 is 1.48 bits per heavy atom. The van der Waals surface area contributed by atoms with E-state index in [9.17, 15) is 4.79 Å². The molecule has 1 aromatic rings. The maximum Gasteiger partial charge on any atom is 0.241 e. The third-order valence-corrected chi connectivity index (χ3v) is 4.43. The molecule has 0 spiro atoms. The van der Waals surface area contributed by atoms with E-state index in [-0.39, 0.29) is 18.6 Å². The van der Waals surface area contributed by atoms with Gasteiger partial charge in [-0.25, -0.2) is 0 Å². The molecule has 1 aliphatic carbocycles. The molecule has 1 saturated carbocycles. The van der Waals surface area contributed by atoms with Crippen LogP contribution >= 0.6 is 0 Å².